The summed E-state index contributed by atoms with van der Waals surface area (Å²) in [6, 6.07) is 6.23. The summed E-state index contributed by atoms with van der Waals surface area (Å²) in [5, 5.41) is 10.7. The van der Waals surface area contributed by atoms with Crippen LogP contribution in [0.4, 0.5) is 0 Å². The molecule has 1 aliphatic heterocycles. The number of rotatable bonds is 4. The Morgan fingerprint density at radius 1 is 1.25 bits per heavy atom. The quantitative estimate of drug-likeness (QED) is 0.889. The van der Waals surface area contributed by atoms with Gasteiger partial charge >= 0.3 is 0 Å². The molecule has 3 rings (SSSR count). The van der Waals surface area contributed by atoms with Gasteiger partial charge in [0.1, 0.15) is 5.75 Å². The minimum absolute atomic E-state index is 0.342. The Bertz CT molecular complexity index is 447. The van der Waals surface area contributed by atoms with E-state index in [1.165, 1.54) is 31.2 Å². The Kier molecular flexibility index (Phi) is 4.30. The largest absolute Gasteiger partial charge is 0.493 e. The highest BCUT2D eigenvalue weighted by atomic mass is 16.5. The molecule has 0 spiro atoms. The summed E-state index contributed by atoms with van der Waals surface area (Å²) in [6.07, 6.45) is 8.18. The lowest BCUT2D eigenvalue weighted by molar-refractivity contribution is 0.0701. The minimum Gasteiger partial charge on any atom is -0.493 e. The zero-order valence-corrected chi connectivity index (χ0v) is 12.5. The Balaban J connectivity index is 1.68. The monoisotopic (exact) mass is 274 g/mol. The highest BCUT2D eigenvalue weighted by Crippen LogP contribution is 2.42. The van der Waals surface area contributed by atoms with Crippen LogP contribution >= 0.6 is 0 Å². The molecule has 1 atom stereocenters. The number of para-hydroxylation sites is 1. The molecule has 2 heteroatoms. The van der Waals surface area contributed by atoms with Crippen LogP contribution in [-0.2, 0) is 6.42 Å². The molecular formula is C18H26O2. The van der Waals surface area contributed by atoms with E-state index in [2.05, 4.69) is 19.1 Å². The maximum absolute atomic E-state index is 10.7. The van der Waals surface area contributed by atoms with Gasteiger partial charge in [0.05, 0.1) is 12.7 Å². The third-order valence-corrected chi connectivity index (χ3v) is 5.10. The van der Waals surface area contributed by atoms with Crippen molar-refractivity contribution in [2.75, 3.05) is 6.61 Å². The summed E-state index contributed by atoms with van der Waals surface area (Å²) >= 11 is 0. The molecule has 1 aromatic rings. The molecule has 0 radical (unpaired) electrons. The third kappa shape index (κ3) is 2.71. The fourth-order valence-corrected chi connectivity index (χ4v) is 3.93. The van der Waals surface area contributed by atoms with E-state index in [9.17, 15) is 5.11 Å². The molecule has 0 amide bonds. The molecule has 1 saturated carbocycles. The minimum atomic E-state index is -0.342. The van der Waals surface area contributed by atoms with E-state index in [-0.39, 0.29) is 6.10 Å². The summed E-state index contributed by atoms with van der Waals surface area (Å²) in [7, 11) is 0. The molecule has 0 saturated heterocycles. The summed E-state index contributed by atoms with van der Waals surface area (Å²) in [6.45, 7) is 3.04. The van der Waals surface area contributed by atoms with Gasteiger partial charge in [0.25, 0.3) is 0 Å². The lowest BCUT2D eigenvalue weighted by Gasteiger charge is -2.32. The first-order chi connectivity index (χ1) is 9.79. The van der Waals surface area contributed by atoms with Crippen molar-refractivity contribution in [1.29, 1.82) is 0 Å². The fraction of sp³-hybridized carbons (Fsp3) is 0.667. The lowest BCUT2D eigenvalue weighted by Crippen LogP contribution is -2.20. The van der Waals surface area contributed by atoms with Gasteiger partial charge in [0.2, 0.25) is 0 Å². The molecule has 20 heavy (non-hydrogen) atoms. The molecule has 1 aliphatic carbocycles. The van der Waals surface area contributed by atoms with Gasteiger partial charge in [-0.15, -0.1) is 0 Å². The SMILES string of the molecule is CCCC1CCC(C(O)c2cccc3c2OCC3)CC1. The van der Waals surface area contributed by atoms with E-state index in [4.69, 9.17) is 4.74 Å². The molecule has 0 bridgehead atoms. The number of hydrogen-bond donors (Lipinski definition) is 1. The Morgan fingerprint density at radius 2 is 2.05 bits per heavy atom. The molecule has 1 aromatic carbocycles. The van der Waals surface area contributed by atoms with Crippen molar-refractivity contribution in [3.8, 4) is 5.75 Å². The summed E-state index contributed by atoms with van der Waals surface area (Å²) in [5.41, 5.74) is 2.29. The van der Waals surface area contributed by atoms with Crippen LogP contribution in [0.15, 0.2) is 18.2 Å². The first-order valence-electron chi connectivity index (χ1n) is 8.22. The van der Waals surface area contributed by atoms with Gasteiger partial charge in [-0.2, -0.15) is 0 Å². The number of benzene rings is 1. The molecule has 2 aliphatic rings. The van der Waals surface area contributed by atoms with Crippen molar-refractivity contribution >= 4 is 0 Å². The van der Waals surface area contributed by atoms with Crippen LogP contribution in [-0.4, -0.2) is 11.7 Å². The predicted octanol–water partition coefficient (Wildman–Crippen LogP) is 4.26. The van der Waals surface area contributed by atoms with E-state index in [0.29, 0.717) is 5.92 Å². The fourth-order valence-electron chi connectivity index (χ4n) is 3.93. The van der Waals surface area contributed by atoms with Crippen molar-refractivity contribution in [3.63, 3.8) is 0 Å². The van der Waals surface area contributed by atoms with Crippen molar-refractivity contribution in [2.45, 2.75) is 58.0 Å². The van der Waals surface area contributed by atoms with Gasteiger partial charge in [-0.3, -0.25) is 0 Å². The molecule has 2 nitrogen and oxygen atoms in total. The van der Waals surface area contributed by atoms with Crippen LogP contribution in [0.25, 0.3) is 0 Å². The smallest absolute Gasteiger partial charge is 0.128 e. The van der Waals surface area contributed by atoms with Crippen molar-refractivity contribution < 1.29 is 9.84 Å². The van der Waals surface area contributed by atoms with Gasteiger partial charge in [-0.1, -0.05) is 50.8 Å². The molecule has 0 aromatic heterocycles. The summed E-state index contributed by atoms with van der Waals surface area (Å²) < 4.78 is 5.74. The molecule has 1 heterocycles. The highest BCUT2D eigenvalue weighted by molar-refractivity contribution is 5.45. The molecule has 1 fully saturated rings. The first kappa shape index (κ1) is 13.9. The zero-order valence-electron chi connectivity index (χ0n) is 12.5. The zero-order chi connectivity index (χ0) is 13.9. The molecule has 1 N–H and O–H groups in total. The Hall–Kier alpha value is -1.02. The standard InChI is InChI=1S/C18H26O2/c1-2-4-13-7-9-14(10-8-13)17(19)16-6-3-5-15-11-12-20-18(15)16/h3,5-6,13-14,17,19H,2,4,7-12H2,1H3. The van der Waals surface area contributed by atoms with Crippen LogP contribution in [0.2, 0.25) is 0 Å². The molecular weight excluding hydrogens is 248 g/mol. The first-order valence-corrected chi connectivity index (χ1v) is 8.22. The number of hydrogen-bond acceptors (Lipinski definition) is 2. The second-order valence-electron chi connectivity index (χ2n) is 6.45. The Labute approximate surface area is 122 Å². The van der Waals surface area contributed by atoms with Crippen molar-refractivity contribution in [1.82, 2.24) is 0 Å². The lowest BCUT2D eigenvalue weighted by atomic mass is 9.76. The van der Waals surface area contributed by atoms with E-state index < -0.39 is 0 Å². The van der Waals surface area contributed by atoms with Crippen LogP contribution in [0.3, 0.4) is 0 Å². The maximum atomic E-state index is 10.7. The van der Waals surface area contributed by atoms with E-state index >= 15 is 0 Å². The second kappa shape index (κ2) is 6.17. The summed E-state index contributed by atoms with van der Waals surface area (Å²) in [5.74, 6) is 2.27. The average molecular weight is 274 g/mol. The Morgan fingerprint density at radius 3 is 2.80 bits per heavy atom. The van der Waals surface area contributed by atoms with Gasteiger partial charge < -0.3 is 9.84 Å². The van der Waals surface area contributed by atoms with Gasteiger partial charge in [-0.05, 0) is 30.2 Å². The third-order valence-electron chi connectivity index (χ3n) is 5.10. The number of fused-ring (bicyclic) bond motifs is 1. The van der Waals surface area contributed by atoms with Crippen LogP contribution in [0, 0.1) is 11.8 Å². The summed E-state index contributed by atoms with van der Waals surface area (Å²) in [4.78, 5) is 0. The predicted molar refractivity (Wildman–Crippen MR) is 81.0 cm³/mol. The maximum Gasteiger partial charge on any atom is 0.128 e. The van der Waals surface area contributed by atoms with Crippen LogP contribution in [0.1, 0.15) is 62.7 Å². The average Bonchev–Trinajstić information content (AvgIpc) is 2.96. The molecule has 1 unspecified atom stereocenters. The van der Waals surface area contributed by atoms with E-state index in [1.54, 1.807) is 0 Å². The van der Waals surface area contributed by atoms with E-state index in [1.807, 2.05) is 6.07 Å². The normalized spacial score (nSPS) is 26.9. The van der Waals surface area contributed by atoms with Crippen LogP contribution in [0.5, 0.6) is 5.75 Å². The highest BCUT2D eigenvalue weighted by Gasteiger charge is 2.30. The number of aliphatic hydroxyl groups is 1. The number of aliphatic hydroxyl groups excluding tert-OH is 1. The van der Waals surface area contributed by atoms with Crippen molar-refractivity contribution in [3.05, 3.63) is 29.3 Å². The topological polar surface area (TPSA) is 29.5 Å². The van der Waals surface area contributed by atoms with Crippen molar-refractivity contribution in [2.24, 2.45) is 11.8 Å². The number of ether oxygens (including phenoxy) is 1. The molecule has 110 valence electrons. The van der Waals surface area contributed by atoms with E-state index in [0.717, 1.165) is 43.1 Å². The van der Waals surface area contributed by atoms with Gasteiger partial charge in [0.15, 0.2) is 0 Å². The van der Waals surface area contributed by atoms with Gasteiger partial charge in [-0.25, -0.2) is 0 Å². The van der Waals surface area contributed by atoms with Gasteiger partial charge in [0, 0.05) is 12.0 Å². The van der Waals surface area contributed by atoms with Crippen LogP contribution < -0.4 is 4.74 Å². The second-order valence-corrected chi connectivity index (χ2v) is 6.45.